The Labute approximate surface area is 131 Å². The molecular weight excluding hydrogens is 302 g/mol. The van der Waals surface area contributed by atoms with E-state index in [1.54, 1.807) is 25.1 Å². The van der Waals surface area contributed by atoms with E-state index in [0.29, 0.717) is 18.7 Å². The maximum absolute atomic E-state index is 12.7. The van der Waals surface area contributed by atoms with Gasteiger partial charge >= 0.3 is 0 Å². The molecule has 0 bridgehead atoms. The van der Waals surface area contributed by atoms with Crippen molar-refractivity contribution in [3.8, 4) is 0 Å². The molecule has 0 spiro atoms. The van der Waals surface area contributed by atoms with Crippen molar-refractivity contribution in [1.29, 1.82) is 0 Å². The Balaban J connectivity index is 2.46. The summed E-state index contributed by atoms with van der Waals surface area (Å²) in [5.74, 6) is -0.211. The Morgan fingerprint density at radius 3 is 2.64 bits per heavy atom. The fourth-order valence-corrected chi connectivity index (χ4v) is 3.38. The number of hydrogen-bond acceptors (Lipinski definition) is 4. The first-order chi connectivity index (χ1) is 10.3. The van der Waals surface area contributed by atoms with Gasteiger partial charge < -0.3 is 9.64 Å². The molecule has 0 aromatic heterocycles. The molecule has 1 aromatic carbocycles. The predicted molar refractivity (Wildman–Crippen MR) is 85.7 cm³/mol. The van der Waals surface area contributed by atoms with E-state index in [2.05, 4.69) is 6.58 Å². The third kappa shape index (κ3) is 3.75. The van der Waals surface area contributed by atoms with E-state index in [-0.39, 0.29) is 17.3 Å². The second-order valence-electron chi connectivity index (χ2n) is 5.62. The maximum Gasteiger partial charge on any atom is 0.256 e. The minimum atomic E-state index is -3.44. The topological polar surface area (TPSA) is 63.7 Å². The van der Waals surface area contributed by atoms with E-state index in [4.69, 9.17) is 4.74 Å². The number of carbonyl (C=O) groups excluding carboxylic acids is 1. The van der Waals surface area contributed by atoms with Gasteiger partial charge in [-0.2, -0.15) is 0 Å². The summed E-state index contributed by atoms with van der Waals surface area (Å²) in [6.07, 6.45) is 2.13. The summed E-state index contributed by atoms with van der Waals surface area (Å²) in [6, 6.07) is 6.53. The lowest BCUT2D eigenvalue weighted by Crippen LogP contribution is -2.40. The highest BCUT2D eigenvalue weighted by atomic mass is 32.2. The van der Waals surface area contributed by atoms with Crippen LogP contribution in [-0.4, -0.2) is 39.8 Å². The molecule has 1 amide bonds. The standard InChI is InChI=1S/C16H21NO4S/c1-12(2)11-17(16(18)14-8-6-10-21-14)13-7-4-5-9-15(13)22(3,19)20/h4-5,7,9,14H,1,6,8,10-11H2,2-3H3. The quantitative estimate of drug-likeness (QED) is 0.779. The zero-order chi connectivity index (χ0) is 16.3. The highest BCUT2D eigenvalue weighted by Crippen LogP contribution is 2.28. The van der Waals surface area contributed by atoms with Gasteiger partial charge in [-0.1, -0.05) is 24.3 Å². The molecule has 5 nitrogen and oxygen atoms in total. The molecule has 1 atom stereocenters. The molecule has 1 fully saturated rings. The summed E-state index contributed by atoms with van der Waals surface area (Å²) in [5.41, 5.74) is 1.16. The Hall–Kier alpha value is -1.66. The van der Waals surface area contributed by atoms with Crippen LogP contribution in [0.5, 0.6) is 0 Å². The van der Waals surface area contributed by atoms with Crippen LogP contribution in [0.25, 0.3) is 0 Å². The molecule has 0 radical (unpaired) electrons. The SMILES string of the molecule is C=C(C)CN(C(=O)C1CCCO1)c1ccccc1S(C)(=O)=O. The molecule has 1 saturated heterocycles. The Bertz CT molecular complexity index is 675. The summed E-state index contributed by atoms with van der Waals surface area (Å²) < 4.78 is 29.4. The van der Waals surface area contributed by atoms with Crippen molar-refractivity contribution in [2.75, 3.05) is 24.3 Å². The van der Waals surface area contributed by atoms with E-state index in [1.165, 1.54) is 11.0 Å². The minimum absolute atomic E-state index is 0.141. The second-order valence-corrected chi connectivity index (χ2v) is 7.61. The predicted octanol–water partition coefficient (Wildman–Crippen LogP) is 2.18. The summed E-state index contributed by atoms with van der Waals surface area (Å²) >= 11 is 0. The summed E-state index contributed by atoms with van der Waals surface area (Å²) in [7, 11) is -3.44. The molecule has 1 aliphatic heterocycles. The molecular formula is C16H21NO4S. The van der Waals surface area contributed by atoms with Crippen LogP contribution < -0.4 is 4.90 Å². The number of hydrogen-bond donors (Lipinski definition) is 0. The van der Waals surface area contributed by atoms with Gasteiger partial charge in [0.15, 0.2) is 9.84 Å². The molecule has 0 saturated carbocycles. The van der Waals surface area contributed by atoms with Crippen molar-refractivity contribution in [3.63, 3.8) is 0 Å². The molecule has 1 aliphatic rings. The van der Waals surface area contributed by atoms with E-state index in [0.717, 1.165) is 18.2 Å². The van der Waals surface area contributed by atoms with Gasteiger partial charge in [0.05, 0.1) is 10.6 Å². The Morgan fingerprint density at radius 1 is 1.41 bits per heavy atom. The number of benzene rings is 1. The lowest BCUT2D eigenvalue weighted by Gasteiger charge is -2.27. The van der Waals surface area contributed by atoms with Crippen molar-refractivity contribution in [2.45, 2.75) is 30.8 Å². The third-order valence-electron chi connectivity index (χ3n) is 3.45. The Kier molecular flexibility index (Phi) is 5.03. The molecule has 0 aliphatic carbocycles. The molecule has 22 heavy (non-hydrogen) atoms. The molecule has 2 rings (SSSR count). The fourth-order valence-electron chi connectivity index (χ4n) is 2.49. The van der Waals surface area contributed by atoms with E-state index in [1.807, 2.05) is 0 Å². The fraction of sp³-hybridized carbons (Fsp3) is 0.438. The number of ether oxygens (including phenoxy) is 1. The van der Waals surface area contributed by atoms with E-state index in [9.17, 15) is 13.2 Å². The van der Waals surface area contributed by atoms with Crippen molar-refractivity contribution >= 4 is 21.4 Å². The van der Waals surface area contributed by atoms with Gasteiger partial charge in [-0.3, -0.25) is 4.79 Å². The van der Waals surface area contributed by atoms with Gasteiger partial charge in [0.1, 0.15) is 6.10 Å². The van der Waals surface area contributed by atoms with Gasteiger partial charge in [0.25, 0.3) is 5.91 Å². The number of rotatable bonds is 5. The van der Waals surface area contributed by atoms with Gasteiger partial charge in [0, 0.05) is 19.4 Å². The summed E-state index contributed by atoms with van der Waals surface area (Å²) in [6.45, 7) is 6.47. The van der Waals surface area contributed by atoms with Crippen LogP contribution in [0.4, 0.5) is 5.69 Å². The average molecular weight is 323 g/mol. The number of anilines is 1. The van der Waals surface area contributed by atoms with Crippen molar-refractivity contribution < 1.29 is 17.9 Å². The summed E-state index contributed by atoms with van der Waals surface area (Å²) in [5, 5.41) is 0. The first kappa shape index (κ1) is 16.7. The van der Waals surface area contributed by atoms with Crippen LogP contribution in [0.1, 0.15) is 19.8 Å². The van der Waals surface area contributed by atoms with Crippen LogP contribution in [-0.2, 0) is 19.4 Å². The third-order valence-corrected chi connectivity index (χ3v) is 4.60. The number of amides is 1. The largest absolute Gasteiger partial charge is 0.368 e. The van der Waals surface area contributed by atoms with E-state index >= 15 is 0 Å². The minimum Gasteiger partial charge on any atom is -0.368 e. The first-order valence-corrected chi connectivity index (χ1v) is 9.06. The number of sulfone groups is 1. The zero-order valence-electron chi connectivity index (χ0n) is 12.9. The lowest BCUT2D eigenvalue weighted by molar-refractivity contribution is -0.127. The van der Waals surface area contributed by atoms with Gasteiger partial charge in [-0.25, -0.2) is 8.42 Å². The smallest absolute Gasteiger partial charge is 0.256 e. The van der Waals surface area contributed by atoms with E-state index < -0.39 is 15.9 Å². The lowest BCUT2D eigenvalue weighted by atomic mass is 10.1. The van der Waals surface area contributed by atoms with Gasteiger partial charge in [-0.05, 0) is 31.9 Å². The molecule has 6 heteroatoms. The number of nitrogens with zero attached hydrogens (tertiary/aromatic N) is 1. The highest BCUT2D eigenvalue weighted by molar-refractivity contribution is 7.90. The van der Waals surface area contributed by atoms with Gasteiger partial charge in [-0.15, -0.1) is 0 Å². The average Bonchev–Trinajstić information content (AvgIpc) is 2.97. The van der Waals surface area contributed by atoms with Crippen LogP contribution in [0.3, 0.4) is 0 Å². The number of carbonyl (C=O) groups is 1. The van der Waals surface area contributed by atoms with Crippen molar-refractivity contribution in [1.82, 2.24) is 0 Å². The van der Waals surface area contributed by atoms with Crippen LogP contribution in [0.2, 0.25) is 0 Å². The molecule has 120 valence electrons. The maximum atomic E-state index is 12.7. The van der Waals surface area contributed by atoms with Crippen LogP contribution in [0.15, 0.2) is 41.3 Å². The molecule has 0 N–H and O–H groups in total. The first-order valence-electron chi connectivity index (χ1n) is 7.17. The zero-order valence-corrected chi connectivity index (χ0v) is 13.7. The van der Waals surface area contributed by atoms with Crippen molar-refractivity contribution in [3.05, 3.63) is 36.4 Å². The monoisotopic (exact) mass is 323 g/mol. The van der Waals surface area contributed by atoms with Gasteiger partial charge in [0.2, 0.25) is 0 Å². The van der Waals surface area contributed by atoms with Crippen LogP contribution in [0, 0.1) is 0 Å². The Morgan fingerprint density at radius 2 is 2.09 bits per heavy atom. The number of para-hydroxylation sites is 1. The normalized spacial score (nSPS) is 18.2. The molecule has 1 aromatic rings. The highest BCUT2D eigenvalue weighted by Gasteiger charge is 2.31. The molecule has 1 unspecified atom stereocenters. The summed E-state index contributed by atoms with van der Waals surface area (Å²) in [4.78, 5) is 14.3. The van der Waals surface area contributed by atoms with Crippen LogP contribution >= 0.6 is 0 Å². The second kappa shape index (κ2) is 6.62. The van der Waals surface area contributed by atoms with Crippen molar-refractivity contribution in [2.24, 2.45) is 0 Å². The molecule has 1 heterocycles.